The molecule has 0 aromatic heterocycles. The smallest absolute Gasteiger partial charge is 0.335 e. The van der Waals surface area contributed by atoms with Crippen molar-refractivity contribution in [1.29, 1.82) is 0 Å². The van der Waals surface area contributed by atoms with Crippen molar-refractivity contribution in [3.63, 3.8) is 0 Å². The second-order valence-corrected chi connectivity index (χ2v) is 7.64. The highest BCUT2D eigenvalue weighted by molar-refractivity contribution is 7.88. The molecule has 0 bridgehead atoms. The number of hydrogen-bond donors (Lipinski definition) is 2. The third-order valence-corrected chi connectivity index (χ3v) is 5.26. The topological polar surface area (TPSA) is 104 Å². The van der Waals surface area contributed by atoms with Gasteiger partial charge in [0.2, 0.25) is 15.9 Å². The van der Waals surface area contributed by atoms with E-state index in [1.807, 2.05) is 0 Å². The first-order valence-electron chi connectivity index (χ1n) is 7.32. The Morgan fingerprint density at radius 3 is 2.26 bits per heavy atom. The summed E-state index contributed by atoms with van der Waals surface area (Å²) in [6.45, 7) is 1.06. The van der Waals surface area contributed by atoms with Crippen LogP contribution in [0.4, 0.5) is 0 Å². The minimum absolute atomic E-state index is 0.0968. The van der Waals surface area contributed by atoms with Crippen molar-refractivity contribution in [3.05, 3.63) is 35.4 Å². The van der Waals surface area contributed by atoms with Crippen LogP contribution in [0.25, 0.3) is 0 Å². The second kappa shape index (κ2) is 7.10. The molecule has 0 saturated carbocycles. The molecule has 0 unspecified atom stereocenters. The third kappa shape index (κ3) is 4.77. The monoisotopic (exact) mass is 340 g/mol. The summed E-state index contributed by atoms with van der Waals surface area (Å²) in [6.07, 6.45) is 2.20. The standard InChI is InChI=1S/C15H20N2O5S/c1-23(21,22)17-8-6-12(7-9-17)14(18)16-10-11-2-4-13(5-3-11)15(19)20/h2-5,12H,6-10H2,1H3,(H,16,18)(H,19,20). The zero-order chi connectivity index (χ0) is 17.0. The van der Waals surface area contributed by atoms with Gasteiger partial charge in [-0.15, -0.1) is 0 Å². The van der Waals surface area contributed by atoms with Gasteiger partial charge < -0.3 is 10.4 Å². The van der Waals surface area contributed by atoms with Gasteiger partial charge in [-0.1, -0.05) is 12.1 Å². The van der Waals surface area contributed by atoms with Crippen molar-refractivity contribution in [3.8, 4) is 0 Å². The fourth-order valence-corrected chi connectivity index (χ4v) is 3.42. The first-order valence-corrected chi connectivity index (χ1v) is 9.17. The summed E-state index contributed by atoms with van der Waals surface area (Å²) in [6, 6.07) is 6.31. The molecule has 23 heavy (non-hydrogen) atoms. The maximum Gasteiger partial charge on any atom is 0.335 e. The highest BCUT2D eigenvalue weighted by atomic mass is 32.2. The van der Waals surface area contributed by atoms with Gasteiger partial charge in [0.05, 0.1) is 11.8 Å². The minimum Gasteiger partial charge on any atom is -0.478 e. The molecule has 1 amide bonds. The van der Waals surface area contributed by atoms with E-state index in [2.05, 4.69) is 5.32 Å². The maximum absolute atomic E-state index is 12.1. The molecule has 8 heteroatoms. The van der Waals surface area contributed by atoms with Crippen molar-refractivity contribution in [1.82, 2.24) is 9.62 Å². The molecule has 7 nitrogen and oxygen atoms in total. The van der Waals surface area contributed by atoms with Crippen LogP contribution in [0.1, 0.15) is 28.8 Å². The van der Waals surface area contributed by atoms with Gasteiger partial charge in [-0.25, -0.2) is 17.5 Å². The second-order valence-electron chi connectivity index (χ2n) is 5.66. The van der Waals surface area contributed by atoms with E-state index in [0.29, 0.717) is 32.5 Å². The number of carboxylic acids is 1. The lowest BCUT2D eigenvalue weighted by Crippen LogP contribution is -2.42. The largest absolute Gasteiger partial charge is 0.478 e. The van der Waals surface area contributed by atoms with Crippen molar-refractivity contribution in [2.75, 3.05) is 19.3 Å². The Bertz CT molecular complexity index is 676. The Hall–Kier alpha value is -1.93. The molecular formula is C15H20N2O5S. The lowest BCUT2D eigenvalue weighted by atomic mass is 9.97. The average Bonchev–Trinajstić information content (AvgIpc) is 2.52. The SMILES string of the molecule is CS(=O)(=O)N1CCC(C(=O)NCc2ccc(C(=O)O)cc2)CC1. The zero-order valence-corrected chi connectivity index (χ0v) is 13.7. The molecule has 0 spiro atoms. The van der Waals surface area contributed by atoms with Gasteiger partial charge in [-0.3, -0.25) is 4.79 Å². The van der Waals surface area contributed by atoms with E-state index < -0.39 is 16.0 Å². The van der Waals surface area contributed by atoms with Gasteiger partial charge in [0.25, 0.3) is 0 Å². The van der Waals surface area contributed by atoms with E-state index >= 15 is 0 Å². The summed E-state index contributed by atoms with van der Waals surface area (Å²) in [5.74, 6) is -1.27. The van der Waals surface area contributed by atoms with Crippen LogP contribution in [0.2, 0.25) is 0 Å². The number of rotatable bonds is 5. The summed E-state index contributed by atoms with van der Waals surface area (Å²) in [5, 5.41) is 11.6. The van der Waals surface area contributed by atoms with Crippen LogP contribution in [-0.4, -0.2) is 49.1 Å². The van der Waals surface area contributed by atoms with E-state index in [-0.39, 0.29) is 17.4 Å². The lowest BCUT2D eigenvalue weighted by Gasteiger charge is -2.29. The third-order valence-electron chi connectivity index (χ3n) is 3.96. The van der Waals surface area contributed by atoms with Gasteiger partial charge in [0, 0.05) is 25.6 Å². The number of piperidine rings is 1. The molecular weight excluding hydrogens is 320 g/mol. The Kier molecular flexibility index (Phi) is 5.38. The Morgan fingerprint density at radius 2 is 1.78 bits per heavy atom. The summed E-state index contributed by atoms with van der Waals surface area (Å²) in [4.78, 5) is 22.9. The van der Waals surface area contributed by atoms with E-state index in [1.54, 1.807) is 12.1 Å². The fourth-order valence-electron chi connectivity index (χ4n) is 2.55. The summed E-state index contributed by atoms with van der Waals surface area (Å²) < 4.78 is 24.3. The van der Waals surface area contributed by atoms with Gasteiger partial charge >= 0.3 is 5.97 Å². The number of carbonyl (C=O) groups is 2. The minimum atomic E-state index is -3.19. The molecule has 126 valence electrons. The van der Waals surface area contributed by atoms with Crippen LogP contribution in [0, 0.1) is 5.92 Å². The van der Waals surface area contributed by atoms with E-state index in [4.69, 9.17) is 5.11 Å². The fraction of sp³-hybridized carbons (Fsp3) is 0.467. The number of aromatic carboxylic acids is 1. The van der Waals surface area contributed by atoms with Gasteiger partial charge in [0.1, 0.15) is 0 Å². The normalized spacial score (nSPS) is 16.9. The Labute approximate surface area is 135 Å². The van der Waals surface area contributed by atoms with Crippen molar-refractivity contribution in [2.24, 2.45) is 5.92 Å². The van der Waals surface area contributed by atoms with Crippen LogP contribution < -0.4 is 5.32 Å². The lowest BCUT2D eigenvalue weighted by molar-refractivity contribution is -0.126. The molecule has 1 heterocycles. The zero-order valence-electron chi connectivity index (χ0n) is 12.9. The van der Waals surface area contributed by atoms with Crippen LogP contribution in [0.15, 0.2) is 24.3 Å². The van der Waals surface area contributed by atoms with Gasteiger partial charge in [-0.05, 0) is 30.5 Å². The number of nitrogens with one attached hydrogen (secondary N) is 1. The number of hydrogen-bond acceptors (Lipinski definition) is 4. The highest BCUT2D eigenvalue weighted by Crippen LogP contribution is 2.19. The summed E-state index contributed by atoms with van der Waals surface area (Å²) in [5.41, 5.74) is 1.02. The predicted molar refractivity (Wildman–Crippen MR) is 84.4 cm³/mol. The van der Waals surface area contributed by atoms with Gasteiger partial charge in [0.15, 0.2) is 0 Å². The van der Waals surface area contributed by atoms with Crippen molar-refractivity contribution in [2.45, 2.75) is 19.4 Å². The first kappa shape index (κ1) is 17.4. The molecule has 1 saturated heterocycles. The highest BCUT2D eigenvalue weighted by Gasteiger charge is 2.28. The summed E-state index contributed by atoms with van der Waals surface area (Å²) >= 11 is 0. The Morgan fingerprint density at radius 1 is 1.22 bits per heavy atom. The summed E-state index contributed by atoms with van der Waals surface area (Å²) in [7, 11) is -3.19. The van der Waals surface area contributed by atoms with Crippen LogP contribution in [-0.2, 0) is 21.4 Å². The Balaban J connectivity index is 1.83. The molecule has 2 N–H and O–H groups in total. The molecule has 1 aliphatic rings. The van der Waals surface area contributed by atoms with Crippen LogP contribution in [0.5, 0.6) is 0 Å². The molecule has 1 fully saturated rings. The van der Waals surface area contributed by atoms with E-state index in [0.717, 1.165) is 5.56 Å². The molecule has 2 rings (SSSR count). The number of nitrogens with zero attached hydrogens (tertiary/aromatic N) is 1. The molecule has 1 aromatic rings. The van der Waals surface area contributed by atoms with Gasteiger partial charge in [-0.2, -0.15) is 0 Å². The van der Waals surface area contributed by atoms with Crippen molar-refractivity contribution >= 4 is 21.9 Å². The number of carboxylic acid groups (broad SMARTS) is 1. The van der Waals surface area contributed by atoms with E-state index in [1.165, 1.54) is 22.7 Å². The maximum atomic E-state index is 12.1. The molecule has 0 aliphatic carbocycles. The number of amides is 1. The van der Waals surface area contributed by atoms with Crippen LogP contribution in [0.3, 0.4) is 0 Å². The molecule has 0 radical (unpaired) electrons. The number of carbonyl (C=O) groups excluding carboxylic acids is 1. The molecule has 0 atom stereocenters. The quantitative estimate of drug-likeness (QED) is 0.820. The van der Waals surface area contributed by atoms with Crippen LogP contribution >= 0.6 is 0 Å². The average molecular weight is 340 g/mol. The number of benzene rings is 1. The predicted octanol–water partition coefficient (Wildman–Crippen LogP) is 0.673. The number of sulfonamides is 1. The van der Waals surface area contributed by atoms with Crippen molar-refractivity contribution < 1.29 is 23.1 Å². The molecule has 1 aliphatic heterocycles. The van der Waals surface area contributed by atoms with E-state index in [9.17, 15) is 18.0 Å². The molecule has 1 aromatic carbocycles. The first-order chi connectivity index (χ1) is 10.8.